The van der Waals surface area contributed by atoms with Gasteiger partial charge in [-0.25, -0.2) is 9.37 Å². The highest BCUT2D eigenvalue weighted by Crippen LogP contribution is 2.28. The molecule has 1 N–H and O–H groups in total. The van der Waals surface area contributed by atoms with Crippen LogP contribution in [0.2, 0.25) is 10.0 Å². The lowest BCUT2D eigenvalue weighted by Crippen LogP contribution is -2.26. The number of rotatable bonds is 6. The number of benzene rings is 3. The Hall–Kier alpha value is -2.87. The molecule has 0 saturated heterocycles. The third kappa shape index (κ3) is 4.96. The van der Waals surface area contributed by atoms with Crippen LogP contribution in [-0.2, 0) is 11.3 Å². The highest BCUT2D eigenvalue weighted by atomic mass is 35.5. The van der Waals surface area contributed by atoms with Crippen molar-refractivity contribution in [3.8, 4) is 5.69 Å². The van der Waals surface area contributed by atoms with Gasteiger partial charge < -0.3 is 5.32 Å². The number of nitrogens with one attached hydrogen (secondary N) is 1. The van der Waals surface area contributed by atoms with Crippen molar-refractivity contribution in [3.05, 3.63) is 98.5 Å². The van der Waals surface area contributed by atoms with E-state index in [2.05, 4.69) is 10.3 Å². The van der Waals surface area contributed by atoms with E-state index in [9.17, 15) is 14.0 Å². The number of para-hydroxylation sites is 1. The monoisotopic (exact) mass is 487 g/mol. The lowest BCUT2D eigenvalue weighted by molar-refractivity contribution is -0.118. The molecule has 32 heavy (non-hydrogen) atoms. The van der Waals surface area contributed by atoms with Gasteiger partial charge in [0.05, 0.1) is 27.4 Å². The van der Waals surface area contributed by atoms with Crippen molar-refractivity contribution in [2.75, 3.05) is 5.75 Å². The molecule has 0 atom stereocenters. The molecule has 0 spiro atoms. The van der Waals surface area contributed by atoms with Gasteiger partial charge in [-0.15, -0.1) is 0 Å². The molecule has 0 aliphatic heterocycles. The summed E-state index contributed by atoms with van der Waals surface area (Å²) < 4.78 is 14.4. The zero-order valence-corrected chi connectivity index (χ0v) is 18.8. The molecular formula is C23H16Cl2FN3O2S. The van der Waals surface area contributed by atoms with E-state index in [1.807, 2.05) is 0 Å². The molecule has 0 fully saturated rings. The zero-order chi connectivity index (χ0) is 22.7. The lowest BCUT2D eigenvalue weighted by Gasteiger charge is -2.14. The third-order valence-electron chi connectivity index (χ3n) is 4.63. The number of carbonyl (C=O) groups is 1. The van der Waals surface area contributed by atoms with Crippen molar-refractivity contribution in [2.24, 2.45) is 0 Å². The molecule has 0 bridgehead atoms. The minimum absolute atomic E-state index is 0.0250. The molecule has 9 heteroatoms. The summed E-state index contributed by atoms with van der Waals surface area (Å²) in [6.07, 6.45) is 0. The molecule has 5 nitrogen and oxygen atoms in total. The first-order valence-electron chi connectivity index (χ1n) is 9.53. The molecule has 0 unspecified atom stereocenters. The van der Waals surface area contributed by atoms with Gasteiger partial charge in [-0.05, 0) is 48.0 Å². The molecule has 4 rings (SSSR count). The molecule has 1 aromatic heterocycles. The second-order valence-corrected chi connectivity index (χ2v) is 8.63. The quantitative estimate of drug-likeness (QED) is 0.298. The molecule has 0 saturated carbocycles. The fourth-order valence-electron chi connectivity index (χ4n) is 3.07. The Morgan fingerprint density at radius 3 is 2.56 bits per heavy atom. The summed E-state index contributed by atoms with van der Waals surface area (Å²) >= 11 is 13.5. The smallest absolute Gasteiger partial charge is 0.266 e. The van der Waals surface area contributed by atoms with E-state index in [0.29, 0.717) is 31.8 Å². The van der Waals surface area contributed by atoms with Crippen LogP contribution in [0.3, 0.4) is 0 Å². The first-order chi connectivity index (χ1) is 15.4. The predicted molar refractivity (Wildman–Crippen MR) is 126 cm³/mol. The molecule has 4 aromatic rings. The summed E-state index contributed by atoms with van der Waals surface area (Å²) in [5.74, 6) is -0.565. The average Bonchev–Trinajstić information content (AvgIpc) is 2.78. The summed E-state index contributed by atoms with van der Waals surface area (Å²) in [5.41, 5.74) is 1.43. The van der Waals surface area contributed by atoms with Gasteiger partial charge in [0.15, 0.2) is 5.16 Å². The maximum absolute atomic E-state index is 13.3. The molecule has 1 heterocycles. The van der Waals surface area contributed by atoms with Gasteiger partial charge in [-0.1, -0.05) is 59.2 Å². The van der Waals surface area contributed by atoms with Crippen molar-refractivity contribution in [1.82, 2.24) is 14.9 Å². The maximum atomic E-state index is 13.3. The number of hydrogen-bond donors (Lipinski definition) is 1. The fourth-order valence-corrected chi connectivity index (χ4v) is 4.40. The summed E-state index contributed by atoms with van der Waals surface area (Å²) in [6.45, 7) is 0.265. The number of amides is 1. The number of aromatic nitrogens is 2. The van der Waals surface area contributed by atoms with Crippen LogP contribution < -0.4 is 10.9 Å². The van der Waals surface area contributed by atoms with Crippen molar-refractivity contribution in [1.29, 1.82) is 0 Å². The van der Waals surface area contributed by atoms with E-state index in [1.165, 1.54) is 16.7 Å². The Morgan fingerprint density at radius 1 is 1.06 bits per heavy atom. The Kier molecular flexibility index (Phi) is 6.79. The van der Waals surface area contributed by atoms with Crippen molar-refractivity contribution in [2.45, 2.75) is 11.7 Å². The molecule has 0 radical (unpaired) electrons. The minimum atomic E-state index is -0.336. The second kappa shape index (κ2) is 9.73. The molecule has 3 aromatic carbocycles. The first kappa shape index (κ1) is 22.3. The van der Waals surface area contributed by atoms with Crippen molar-refractivity contribution >= 4 is 51.8 Å². The standard InChI is InChI=1S/C23H16Cl2FN3O2S/c24-15-7-10-20(18(25)11-15)29-22(31)17-3-1-2-4-19(17)28-23(29)32-13-21(30)27-12-14-5-8-16(26)9-6-14/h1-11H,12-13H2,(H,27,30). The first-order valence-corrected chi connectivity index (χ1v) is 11.3. The maximum Gasteiger partial charge on any atom is 0.266 e. The third-order valence-corrected chi connectivity index (χ3v) is 6.11. The Morgan fingerprint density at radius 2 is 1.81 bits per heavy atom. The van der Waals surface area contributed by atoms with E-state index in [4.69, 9.17) is 23.2 Å². The van der Waals surface area contributed by atoms with Crippen LogP contribution in [0.1, 0.15) is 5.56 Å². The Balaban J connectivity index is 1.61. The topological polar surface area (TPSA) is 64.0 Å². The largest absolute Gasteiger partial charge is 0.351 e. The number of fused-ring (bicyclic) bond motifs is 1. The van der Waals surface area contributed by atoms with Gasteiger partial charge >= 0.3 is 0 Å². The normalized spacial score (nSPS) is 11.0. The molecule has 0 aliphatic carbocycles. The molecule has 1 amide bonds. The van der Waals surface area contributed by atoms with Crippen LogP contribution in [0, 0.1) is 5.82 Å². The summed E-state index contributed by atoms with van der Waals surface area (Å²) in [5, 5.41) is 4.27. The molecule has 162 valence electrons. The van der Waals surface area contributed by atoms with E-state index >= 15 is 0 Å². The highest BCUT2D eigenvalue weighted by molar-refractivity contribution is 7.99. The SMILES string of the molecule is O=C(CSc1nc2ccccc2c(=O)n1-c1ccc(Cl)cc1Cl)NCc1ccc(F)cc1. The lowest BCUT2D eigenvalue weighted by atomic mass is 10.2. The van der Waals surface area contributed by atoms with Crippen LogP contribution in [-0.4, -0.2) is 21.2 Å². The zero-order valence-electron chi connectivity index (χ0n) is 16.5. The van der Waals surface area contributed by atoms with Gasteiger partial charge in [-0.2, -0.15) is 0 Å². The number of thioether (sulfide) groups is 1. The van der Waals surface area contributed by atoms with E-state index in [-0.39, 0.29) is 29.6 Å². The van der Waals surface area contributed by atoms with Crippen LogP contribution in [0.4, 0.5) is 4.39 Å². The van der Waals surface area contributed by atoms with Crippen LogP contribution >= 0.6 is 35.0 Å². The Bertz CT molecular complexity index is 1360. The summed E-state index contributed by atoms with van der Waals surface area (Å²) in [4.78, 5) is 30.2. The molecule has 0 aliphatic rings. The number of carbonyl (C=O) groups excluding carboxylic acids is 1. The van der Waals surface area contributed by atoms with E-state index < -0.39 is 0 Å². The van der Waals surface area contributed by atoms with Gasteiger partial charge in [0, 0.05) is 11.6 Å². The van der Waals surface area contributed by atoms with Crippen LogP contribution in [0.15, 0.2) is 76.7 Å². The van der Waals surface area contributed by atoms with Crippen LogP contribution in [0.25, 0.3) is 16.6 Å². The van der Waals surface area contributed by atoms with Gasteiger partial charge in [0.25, 0.3) is 5.56 Å². The van der Waals surface area contributed by atoms with Crippen LogP contribution in [0.5, 0.6) is 0 Å². The van der Waals surface area contributed by atoms with Gasteiger partial charge in [0.2, 0.25) is 5.91 Å². The number of hydrogen-bond acceptors (Lipinski definition) is 4. The fraction of sp³-hybridized carbons (Fsp3) is 0.0870. The number of nitrogens with zero attached hydrogens (tertiary/aromatic N) is 2. The van der Waals surface area contributed by atoms with E-state index in [0.717, 1.165) is 17.3 Å². The summed E-state index contributed by atoms with van der Waals surface area (Å²) in [6, 6.07) is 17.7. The average molecular weight is 488 g/mol. The van der Waals surface area contributed by atoms with Crippen molar-refractivity contribution < 1.29 is 9.18 Å². The number of halogens is 3. The predicted octanol–water partition coefficient (Wildman–Crippen LogP) is 5.24. The minimum Gasteiger partial charge on any atom is -0.351 e. The summed E-state index contributed by atoms with van der Waals surface area (Å²) in [7, 11) is 0. The van der Waals surface area contributed by atoms with Crippen molar-refractivity contribution in [3.63, 3.8) is 0 Å². The van der Waals surface area contributed by atoms with Gasteiger partial charge in [-0.3, -0.25) is 14.2 Å². The van der Waals surface area contributed by atoms with E-state index in [1.54, 1.807) is 54.6 Å². The Labute approximate surface area is 197 Å². The second-order valence-electron chi connectivity index (χ2n) is 6.84. The van der Waals surface area contributed by atoms with Gasteiger partial charge in [0.1, 0.15) is 5.82 Å². The molecular weight excluding hydrogens is 472 g/mol. The highest BCUT2D eigenvalue weighted by Gasteiger charge is 2.17.